The van der Waals surface area contributed by atoms with Crippen LogP contribution in [0, 0.1) is 13.8 Å². The van der Waals surface area contributed by atoms with Gasteiger partial charge in [-0.3, -0.25) is 4.79 Å². The van der Waals surface area contributed by atoms with Crippen molar-refractivity contribution in [3.8, 4) is 5.69 Å². The Kier molecular flexibility index (Phi) is 5.11. The maximum absolute atomic E-state index is 11.9. The second-order valence-corrected chi connectivity index (χ2v) is 6.89. The first-order valence-electron chi connectivity index (χ1n) is 8.03. The molecule has 0 atom stereocenters. The van der Waals surface area contributed by atoms with Crippen LogP contribution in [0.1, 0.15) is 28.2 Å². The molecule has 2 aromatic heterocycles. The zero-order valence-electron chi connectivity index (χ0n) is 14.0. The van der Waals surface area contributed by atoms with Gasteiger partial charge < -0.3 is 5.32 Å². The van der Waals surface area contributed by atoms with Crippen molar-refractivity contribution in [3.63, 3.8) is 0 Å². The van der Waals surface area contributed by atoms with Crippen molar-refractivity contribution >= 4 is 17.2 Å². The number of carbonyl (C=O) groups is 1. The van der Waals surface area contributed by atoms with Gasteiger partial charge in [-0.15, -0.1) is 11.3 Å². The van der Waals surface area contributed by atoms with Crippen LogP contribution in [0.5, 0.6) is 0 Å². The molecular weight excluding hydrogens is 318 g/mol. The predicted molar refractivity (Wildman–Crippen MR) is 97.5 cm³/mol. The predicted octanol–water partition coefficient (Wildman–Crippen LogP) is 3.80. The van der Waals surface area contributed by atoms with Gasteiger partial charge in [-0.1, -0.05) is 18.2 Å². The number of amides is 1. The standard InChI is InChI=1S/C19H21N3OS/c1-14-12-15(2)22(21-14)17-8-5-16(6-9-17)7-10-19(23)20-13-18-4-3-11-24-18/h3-6,8-9,11-12H,7,10,13H2,1-2H3,(H,20,23). The second-order valence-electron chi connectivity index (χ2n) is 5.86. The van der Waals surface area contributed by atoms with Gasteiger partial charge in [-0.2, -0.15) is 5.10 Å². The Morgan fingerprint density at radius 3 is 2.62 bits per heavy atom. The van der Waals surface area contributed by atoms with Crippen LogP contribution in [-0.4, -0.2) is 15.7 Å². The SMILES string of the molecule is Cc1cc(C)n(-c2ccc(CCC(=O)NCc3cccs3)cc2)n1. The third kappa shape index (κ3) is 4.11. The molecule has 0 aliphatic heterocycles. The number of aromatic nitrogens is 2. The number of thiophene rings is 1. The van der Waals surface area contributed by atoms with Crippen LogP contribution in [0.15, 0.2) is 47.8 Å². The average Bonchev–Trinajstić information content (AvgIpc) is 3.21. The molecule has 0 aliphatic rings. The molecule has 1 amide bonds. The summed E-state index contributed by atoms with van der Waals surface area (Å²) in [6, 6.07) is 14.3. The Bertz CT molecular complexity index is 804. The van der Waals surface area contributed by atoms with Gasteiger partial charge in [0.1, 0.15) is 0 Å². The molecule has 2 heterocycles. The molecule has 0 radical (unpaired) electrons. The molecule has 24 heavy (non-hydrogen) atoms. The molecule has 1 N–H and O–H groups in total. The molecule has 4 nitrogen and oxygen atoms in total. The molecule has 5 heteroatoms. The highest BCUT2D eigenvalue weighted by Gasteiger charge is 2.05. The van der Waals surface area contributed by atoms with Gasteiger partial charge in [0.15, 0.2) is 0 Å². The maximum atomic E-state index is 11.9. The van der Waals surface area contributed by atoms with E-state index in [-0.39, 0.29) is 5.91 Å². The zero-order chi connectivity index (χ0) is 16.9. The topological polar surface area (TPSA) is 46.9 Å². The Hall–Kier alpha value is -2.40. The van der Waals surface area contributed by atoms with E-state index in [4.69, 9.17) is 0 Å². The first kappa shape index (κ1) is 16.5. The van der Waals surface area contributed by atoms with Gasteiger partial charge in [0.05, 0.1) is 17.9 Å². The van der Waals surface area contributed by atoms with Gasteiger partial charge in [0, 0.05) is 17.0 Å². The highest BCUT2D eigenvalue weighted by atomic mass is 32.1. The number of rotatable bonds is 6. The van der Waals surface area contributed by atoms with Crippen LogP contribution in [-0.2, 0) is 17.8 Å². The zero-order valence-corrected chi connectivity index (χ0v) is 14.8. The summed E-state index contributed by atoms with van der Waals surface area (Å²) < 4.78 is 1.94. The van der Waals surface area contributed by atoms with E-state index in [9.17, 15) is 4.79 Å². The van der Waals surface area contributed by atoms with Crippen molar-refractivity contribution in [2.24, 2.45) is 0 Å². The lowest BCUT2D eigenvalue weighted by Gasteiger charge is -2.07. The van der Waals surface area contributed by atoms with Crippen molar-refractivity contribution in [2.45, 2.75) is 33.2 Å². The van der Waals surface area contributed by atoms with Crippen LogP contribution >= 0.6 is 11.3 Å². The summed E-state index contributed by atoms with van der Waals surface area (Å²) in [5.41, 5.74) is 4.34. The van der Waals surface area contributed by atoms with E-state index in [0.29, 0.717) is 13.0 Å². The average molecular weight is 339 g/mol. The lowest BCUT2D eigenvalue weighted by Crippen LogP contribution is -2.22. The van der Waals surface area contributed by atoms with E-state index in [1.165, 1.54) is 4.88 Å². The first-order valence-corrected chi connectivity index (χ1v) is 8.91. The highest BCUT2D eigenvalue weighted by molar-refractivity contribution is 7.09. The van der Waals surface area contributed by atoms with Gasteiger partial charge in [0.25, 0.3) is 0 Å². The maximum Gasteiger partial charge on any atom is 0.220 e. The minimum Gasteiger partial charge on any atom is -0.351 e. The summed E-state index contributed by atoms with van der Waals surface area (Å²) in [7, 11) is 0. The van der Waals surface area contributed by atoms with Crippen molar-refractivity contribution in [1.29, 1.82) is 0 Å². The number of hydrogen-bond donors (Lipinski definition) is 1. The van der Waals surface area contributed by atoms with Crippen molar-refractivity contribution in [1.82, 2.24) is 15.1 Å². The van der Waals surface area contributed by atoms with E-state index in [0.717, 1.165) is 29.1 Å². The molecule has 3 rings (SSSR count). The minimum absolute atomic E-state index is 0.0889. The summed E-state index contributed by atoms with van der Waals surface area (Å²) >= 11 is 1.66. The van der Waals surface area contributed by atoms with E-state index in [1.54, 1.807) is 11.3 Å². The third-order valence-corrected chi connectivity index (χ3v) is 4.75. The number of carbonyl (C=O) groups excluding carboxylic acids is 1. The van der Waals surface area contributed by atoms with E-state index in [1.807, 2.05) is 36.0 Å². The van der Waals surface area contributed by atoms with E-state index in [2.05, 4.69) is 40.7 Å². The lowest BCUT2D eigenvalue weighted by atomic mass is 10.1. The molecule has 0 spiro atoms. The first-order chi connectivity index (χ1) is 11.6. The molecule has 0 saturated carbocycles. The Morgan fingerprint density at radius 2 is 2.00 bits per heavy atom. The van der Waals surface area contributed by atoms with Crippen LogP contribution in [0.3, 0.4) is 0 Å². The van der Waals surface area contributed by atoms with Crippen LogP contribution in [0.4, 0.5) is 0 Å². The summed E-state index contributed by atoms with van der Waals surface area (Å²) in [5.74, 6) is 0.0889. The van der Waals surface area contributed by atoms with Crippen LogP contribution in [0.2, 0.25) is 0 Å². The Balaban J connectivity index is 1.52. The van der Waals surface area contributed by atoms with Crippen LogP contribution in [0.25, 0.3) is 5.69 Å². The fourth-order valence-electron chi connectivity index (χ4n) is 2.64. The summed E-state index contributed by atoms with van der Waals surface area (Å²) in [5, 5.41) is 9.47. The third-order valence-electron chi connectivity index (χ3n) is 3.87. The van der Waals surface area contributed by atoms with Crippen molar-refractivity contribution in [2.75, 3.05) is 0 Å². The quantitative estimate of drug-likeness (QED) is 0.742. The van der Waals surface area contributed by atoms with Crippen LogP contribution < -0.4 is 5.32 Å². The molecule has 3 aromatic rings. The Labute approximate surface area is 146 Å². The van der Waals surface area contributed by atoms with Crippen molar-refractivity contribution < 1.29 is 4.79 Å². The number of nitrogens with zero attached hydrogens (tertiary/aromatic N) is 2. The van der Waals surface area contributed by atoms with E-state index < -0.39 is 0 Å². The Morgan fingerprint density at radius 1 is 1.21 bits per heavy atom. The number of hydrogen-bond acceptors (Lipinski definition) is 3. The molecule has 124 valence electrons. The summed E-state index contributed by atoms with van der Waals surface area (Å²) in [6.45, 7) is 4.66. The molecule has 0 fully saturated rings. The second kappa shape index (κ2) is 7.45. The fourth-order valence-corrected chi connectivity index (χ4v) is 3.28. The lowest BCUT2D eigenvalue weighted by molar-refractivity contribution is -0.121. The smallest absolute Gasteiger partial charge is 0.220 e. The normalized spacial score (nSPS) is 10.8. The fraction of sp³-hybridized carbons (Fsp3) is 0.263. The molecular formula is C19H21N3OS. The van der Waals surface area contributed by atoms with Gasteiger partial charge in [-0.25, -0.2) is 4.68 Å². The minimum atomic E-state index is 0.0889. The molecule has 0 saturated heterocycles. The van der Waals surface area contributed by atoms with E-state index >= 15 is 0 Å². The number of nitrogens with one attached hydrogen (secondary N) is 1. The van der Waals surface area contributed by atoms with Gasteiger partial charge in [0.2, 0.25) is 5.91 Å². The summed E-state index contributed by atoms with van der Waals surface area (Å²) in [6.07, 6.45) is 1.25. The van der Waals surface area contributed by atoms with Gasteiger partial charge >= 0.3 is 0 Å². The molecule has 1 aromatic carbocycles. The monoisotopic (exact) mass is 339 g/mol. The summed E-state index contributed by atoms with van der Waals surface area (Å²) in [4.78, 5) is 13.1. The molecule has 0 unspecified atom stereocenters. The number of benzene rings is 1. The number of aryl methyl sites for hydroxylation is 3. The van der Waals surface area contributed by atoms with Gasteiger partial charge in [-0.05, 0) is 55.5 Å². The van der Waals surface area contributed by atoms with Crippen molar-refractivity contribution in [3.05, 3.63) is 69.7 Å². The highest BCUT2D eigenvalue weighted by Crippen LogP contribution is 2.14. The molecule has 0 aliphatic carbocycles. The molecule has 0 bridgehead atoms. The largest absolute Gasteiger partial charge is 0.351 e.